The second-order valence-corrected chi connectivity index (χ2v) is 15.1. The third kappa shape index (κ3) is 5.50. The van der Waals surface area contributed by atoms with Crippen LogP contribution in [0.1, 0.15) is 84.7 Å². The fourth-order valence-corrected chi connectivity index (χ4v) is 9.59. The number of aromatic nitrogens is 4. The molecule has 2 aliphatic heterocycles. The van der Waals surface area contributed by atoms with Crippen LogP contribution in [0, 0.1) is 17.8 Å². The van der Waals surface area contributed by atoms with Gasteiger partial charge in [-0.05, 0) is 98.4 Å². The Bertz CT molecular complexity index is 1840. The number of fused-ring (bicyclic) bond motifs is 5. The number of carbonyl (C=O) groups is 2. The largest absolute Gasteiger partial charge is 0.490 e. The molecule has 1 aromatic carbocycles. The Balaban J connectivity index is 1.10. The number of hydrogen-bond acceptors (Lipinski definition) is 8. The van der Waals surface area contributed by atoms with Crippen LogP contribution in [-0.4, -0.2) is 68.1 Å². The first-order valence-corrected chi connectivity index (χ1v) is 17.5. The molecule has 11 nitrogen and oxygen atoms in total. The summed E-state index contributed by atoms with van der Waals surface area (Å²) < 4.78 is 58.1. The van der Waals surface area contributed by atoms with Gasteiger partial charge in [0.1, 0.15) is 17.4 Å². The number of carboxylic acid groups (broad SMARTS) is 1. The summed E-state index contributed by atoms with van der Waals surface area (Å²) in [5.74, 6) is -1.82. The van der Waals surface area contributed by atoms with Gasteiger partial charge in [-0.25, -0.2) is 14.8 Å². The van der Waals surface area contributed by atoms with Gasteiger partial charge in [-0.3, -0.25) is 9.48 Å². The van der Waals surface area contributed by atoms with Gasteiger partial charge in [0.25, 0.3) is 5.91 Å². The summed E-state index contributed by atoms with van der Waals surface area (Å²) in [6.45, 7) is 3.38. The van der Waals surface area contributed by atoms with Gasteiger partial charge in [0.15, 0.2) is 5.69 Å². The maximum Gasteiger partial charge on any atom is 0.434 e. The van der Waals surface area contributed by atoms with Crippen molar-refractivity contribution < 1.29 is 37.3 Å². The van der Waals surface area contributed by atoms with E-state index in [2.05, 4.69) is 20.4 Å². The highest BCUT2D eigenvalue weighted by Gasteiger charge is 2.57. The van der Waals surface area contributed by atoms with E-state index >= 15 is 0 Å². The topological polar surface area (TPSA) is 132 Å². The number of nitrogens with one attached hydrogen (secondary N) is 1. The van der Waals surface area contributed by atoms with Gasteiger partial charge in [-0.1, -0.05) is 6.92 Å². The predicted octanol–water partition coefficient (Wildman–Crippen LogP) is 5.37. The summed E-state index contributed by atoms with van der Waals surface area (Å²) in [6.07, 6.45) is 3.75. The molecule has 266 valence electrons. The molecule has 8 rings (SSSR count). The van der Waals surface area contributed by atoms with Gasteiger partial charge in [0.05, 0.1) is 11.8 Å². The molecule has 1 saturated heterocycles. The first kappa shape index (κ1) is 33.0. The number of alkyl halides is 3. The van der Waals surface area contributed by atoms with Gasteiger partial charge >= 0.3 is 12.1 Å². The van der Waals surface area contributed by atoms with Crippen molar-refractivity contribution in [2.75, 3.05) is 24.7 Å². The Labute approximate surface area is 287 Å². The van der Waals surface area contributed by atoms with Crippen molar-refractivity contribution in [3.63, 3.8) is 0 Å². The third-order valence-corrected chi connectivity index (χ3v) is 11.9. The Morgan fingerprint density at radius 2 is 1.94 bits per heavy atom. The Morgan fingerprint density at radius 3 is 2.70 bits per heavy atom. The summed E-state index contributed by atoms with van der Waals surface area (Å²) in [7, 11) is 1.94. The molecule has 14 heteroatoms. The number of carbonyl (C=O) groups excluding carboxylic acids is 1. The van der Waals surface area contributed by atoms with Crippen LogP contribution in [0.2, 0.25) is 0 Å². The third-order valence-electron chi connectivity index (χ3n) is 11.9. The Morgan fingerprint density at radius 1 is 1.14 bits per heavy atom. The van der Waals surface area contributed by atoms with E-state index in [0.717, 1.165) is 37.4 Å². The van der Waals surface area contributed by atoms with Crippen molar-refractivity contribution in [2.45, 2.75) is 87.9 Å². The van der Waals surface area contributed by atoms with Crippen molar-refractivity contribution in [2.24, 2.45) is 24.8 Å². The molecule has 5 atom stereocenters. The van der Waals surface area contributed by atoms with E-state index in [1.165, 1.54) is 11.3 Å². The molecule has 0 radical (unpaired) electrons. The van der Waals surface area contributed by atoms with Crippen LogP contribution in [0.4, 0.5) is 24.8 Å². The van der Waals surface area contributed by atoms with E-state index in [1.54, 1.807) is 4.90 Å². The number of aryl methyl sites for hydroxylation is 1. The van der Waals surface area contributed by atoms with E-state index in [4.69, 9.17) is 9.47 Å². The molecule has 1 spiro atoms. The molecule has 1 amide bonds. The molecule has 2 N–H and O–H groups in total. The van der Waals surface area contributed by atoms with Gasteiger partial charge in [-0.15, -0.1) is 0 Å². The van der Waals surface area contributed by atoms with E-state index in [-0.39, 0.29) is 36.2 Å². The zero-order valence-corrected chi connectivity index (χ0v) is 28.1. The molecule has 2 aromatic heterocycles. The number of nitrogens with zero attached hydrogens (tertiary/aromatic N) is 5. The van der Waals surface area contributed by atoms with Gasteiger partial charge in [0, 0.05) is 56.2 Å². The van der Waals surface area contributed by atoms with Crippen LogP contribution in [0.25, 0.3) is 0 Å². The zero-order valence-electron chi connectivity index (χ0n) is 28.1. The molecule has 2 saturated carbocycles. The average molecular weight is 695 g/mol. The number of aliphatic carboxylic acids is 1. The second-order valence-electron chi connectivity index (χ2n) is 15.1. The summed E-state index contributed by atoms with van der Waals surface area (Å²) in [6, 6.07) is 5.68. The summed E-state index contributed by atoms with van der Waals surface area (Å²) >= 11 is 0. The lowest BCUT2D eigenvalue weighted by atomic mass is 9.76. The van der Waals surface area contributed by atoms with Crippen molar-refractivity contribution in [3.05, 3.63) is 58.7 Å². The van der Waals surface area contributed by atoms with E-state index in [1.807, 2.05) is 43.0 Å². The highest BCUT2D eigenvalue weighted by atomic mass is 19.4. The summed E-state index contributed by atoms with van der Waals surface area (Å²) in [5.41, 5.74) is -0.213. The molecule has 5 unspecified atom stereocenters. The number of benzene rings is 1. The SMILES string of the molecule is CC1CC2CC(C1)C(NC(=O)c1cnc(N3CC4(CCOCC4)c4cc(OC5CCc6c(cnn6C)C5)ccc43)nc1C(F)(F)F)(C(=O)O)C2. The Hall–Kier alpha value is -4.20. The predicted molar refractivity (Wildman–Crippen MR) is 174 cm³/mol. The van der Waals surface area contributed by atoms with E-state index in [9.17, 15) is 27.9 Å². The minimum atomic E-state index is -4.99. The standard InChI is InChI=1S/C36H41F3N6O5/c1-20-11-21-13-23(12-20)35(16-21,32(47)48)43-31(46)26-18-40-33(42-30(26)36(37,38)39)45-19-34(7-9-49-10-8-34)27-15-25(4-6-29(27)45)50-24-3-5-28-22(14-24)17-41-44(28)2/h4,6,15,17-18,20-21,23-24H,3,5,7-14,16,19H2,1-2H3,(H,43,46)(H,47,48). The van der Waals surface area contributed by atoms with Crippen LogP contribution < -0.4 is 15.0 Å². The van der Waals surface area contributed by atoms with Crippen molar-refractivity contribution in [1.29, 1.82) is 0 Å². The van der Waals surface area contributed by atoms with Crippen molar-refractivity contribution in [1.82, 2.24) is 25.1 Å². The molecule has 50 heavy (non-hydrogen) atoms. The number of carboxylic acids is 1. The van der Waals surface area contributed by atoms with Crippen LogP contribution in [0.15, 0.2) is 30.6 Å². The highest BCUT2D eigenvalue weighted by molar-refractivity contribution is 5.99. The maximum absolute atomic E-state index is 14.7. The molecule has 5 aliphatic rings. The molecule has 3 fully saturated rings. The lowest BCUT2D eigenvalue weighted by molar-refractivity contribution is -0.146. The second kappa shape index (κ2) is 12.0. The number of halogens is 3. The monoisotopic (exact) mass is 694 g/mol. The first-order chi connectivity index (χ1) is 23.8. The van der Waals surface area contributed by atoms with Crippen molar-refractivity contribution >= 4 is 23.5 Å². The zero-order chi connectivity index (χ0) is 35.0. The summed E-state index contributed by atoms with van der Waals surface area (Å²) in [4.78, 5) is 36.2. The molecule has 3 aromatic rings. The lowest BCUT2D eigenvalue weighted by Crippen LogP contribution is -2.57. The summed E-state index contributed by atoms with van der Waals surface area (Å²) in [5, 5.41) is 17.2. The van der Waals surface area contributed by atoms with Crippen LogP contribution in [0.5, 0.6) is 5.75 Å². The number of anilines is 2. The molecular weight excluding hydrogens is 653 g/mol. The number of amides is 1. The van der Waals surface area contributed by atoms with Crippen LogP contribution >= 0.6 is 0 Å². The Kier molecular flexibility index (Phi) is 7.88. The maximum atomic E-state index is 14.7. The highest BCUT2D eigenvalue weighted by Crippen LogP contribution is 2.52. The first-order valence-electron chi connectivity index (χ1n) is 17.5. The van der Waals surface area contributed by atoms with Crippen LogP contribution in [0.3, 0.4) is 0 Å². The average Bonchev–Trinajstić information content (AvgIpc) is 3.69. The smallest absolute Gasteiger partial charge is 0.434 e. The molecular formula is C36H41F3N6O5. The number of ether oxygens (including phenoxy) is 2. The van der Waals surface area contributed by atoms with E-state index in [0.29, 0.717) is 56.9 Å². The normalized spacial score (nSPS) is 28.3. The fraction of sp³-hybridized carbons (Fsp3) is 0.583. The minimum Gasteiger partial charge on any atom is -0.490 e. The number of rotatable bonds is 6. The fourth-order valence-electron chi connectivity index (χ4n) is 9.59. The molecule has 3 aliphatic carbocycles. The molecule has 2 bridgehead atoms. The van der Waals surface area contributed by atoms with E-state index < -0.39 is 40.3 Å². The lowest BCUT2D eigenvalue weighted by Gasteiger charge is -2.34. The number of hydrogen-bond donors (Lipinski definition) is 2. The van der Waals surface area contributed by atoms with Gasteiger partial charge < -0.3 is 24.8 Å². The van der Waals surface area contributed by atoms with Crippen molar-refractivity contribution in [3.8, 4) is 5.75 Å². The van der Waals surface area contributed by atoms with Gasteiger partial charge in [-0.2, -0.15) is 18.3 Å². The molecule has 4 heterocycles. The minimum absolute atomic E-state index is 0.0308. The quantitative estimate of drug-likeness (QED) is 0.350. The van der Waals surface area contributed by atoms with Gasteiger partial charge in [0.2, 0.25) is 5.95 Å². The van der Waals surface area contributed by atoms with Crippen LogP contribution in [-0.2, 0) is 41.0 Å².